The third-order valence-corrected chi connectivity index (χ3v) is 7.24. The minimum absolute atomic E-state index is 0.357. The van der Waals surface area contributed by atoms with E-state index in [0.29, 0.717) is 64.5 Å². The average Bonchev–Trinajstić information content (AvgIpc) is 3.31. The van der Waals surface area contributed by atoms with E-state index in [1.165, 1.54) is 11.8 Å². The number of ether oxygens (including phenoxy) is 3. The van der Waals surface area contributed by atoms with Crippen LogP contribution in [0.3, 0.4) is 0 Å². The summed E-state index contributed by atoms with van der Waals surface area (Å²) in [6, 6.07) is 12.8. The lowest BCUT2D eigenvalue weighted by molar-refractivity contribution is -0.139. The quantitative estimate of drug-likeness (QED) is 0.151. The van der Waals surface area contributed by atoms with Crippen LogP contribution in [-0.2, 0) is 15.3 Å². The molecule has 0 spiro atoms. The molecule has 0 fully saturated rings. The van der Waals surface area contributed by atoms with Gasteiger partial charge in [-0.2, -0.15) is 4.98 Å². The zero-order valence-electron chi connectivity index (χ0n) is 22.1. The van der Waals surface area contributed by atoms with Gasteiger partial charge in [-0.1, -0.05) is 61.0 Å². The van der Waals surface area contributed by atoms with Gasteiger partial charge in [0.25, 0.3) is 0 Å². The third kappa shape index (κ3) is 6.27. The van der Waals surface area contributed by atoms with E-state index in [0.717, 1.165) is 24.0 Å². The van der Waals surface area contributed by atoms with Gasteiger partial charge < -0.3 is 19.5 Å². The van der Waals surface area contributed by atoms with Crippen LogP contribution in [0.1, 0.15) is 57.7 Å². The molecule has 0 saturated heterocycles. The molecule has 1 N–H and O–H groups in total. The highest BCUT2D eigenvalue weighted by atomic mass is 35.5. The highest BCUT2D eigenvalue weighted by Crippen LogP contribution is 2.40. The lowest BCUT2D eigenvalue weighted by Crippen LogP contribution is -2.30. The van der Waals surface area contributed by atoms with Gasteiger partial charge in [-0.05, 0) is 56.5 Å². The van der Waals surface area contributed by atoms with Crippen LogP contribution in [0.2, 0.25) is 5.02 Å². The molecule has 38 heavy (non-hydrogen) atoms. The van der Waals surface area contributed by atoms with Crippen LogP contribution in [0.4, 0.5) is 5.95 Å². The number of nitrogens with one attached hydrogen (secondary N) is 1. The number of hydrogen-bond acceptors (Lipinski definition) is 8. The number of halogens is 1. The summed E-state index contributed by atoms with van der Waals surface area (Å²) in [6.07, 6.45) is 1.73. The molecule has 4 rings (SSSR count). The number of rotatable bonds is 12. The van der Waals surface area contributed by atoms with Gasteiger partial charge in [0.05, 0.1) is 25.4 Å². The van der Waals surface area contributed by atoms with E-state index in [1.54, 1.807) is 4.68 Å². The average molecular weight is 557 g/mol. The SMILES string of the molecule is CCCCOC(=O)C1=C(C)Nc2nc(SCc3ccccc3Cl)nn2C1c1ccc(OCC)c(OCC)c1. The second-order valence-corrected chi connectivity index (χ2v) is 10.0. The number of fused-ring (bicyclic) bond motifs is 1. The molecule has 2 aromatic carbocycles. The lowest BCUT2D eigenvalue weighted by Gasteiger charge is -2.28. The van der Waals surface area contributed by atoms with Crippen molar-refractivity contribution in [3.8, 4) is 11.5 Å². The summed E-state index contributed by atoms with van der Waals surface area (Å²) >= 11 is 7.82. The number of thioether (sulfide) groups is 1. The van der Waals surface area contributed by atoms with Crippen molar-refractivity contribution < 1.29 is 19.0 Å². The zero-order valence-corrected chi connectivity index (χ0v) is 23.7. The van der Waals surface area contributed by atoms with Crippen molar-refractivity contribution in [3.05, 3.63) is 69.9 Å². The molecule has 202 valence electrons. The number of esters is 1. The Morgan fingerprint density at radius 2 is 1.87 bits per heavy atom. The number of carbonyl (C=O) groups excluding carboxylic acids is 1. The van der Waals surface area contributed by atoms with Gasteiger partial charge in [0.15, 0.2) is 11.5 Å². The van der Waals surface area contributed by atoms with Crippen LogP contribution in [0.15, 0.2) is 58.9 Å². The Kier molecular flexibility index (Phi) is 9.58. The molecule has 1 aliphatic heterocycles. The summed E-state index contributed by atoms with van der Waals surface area (Å²) < 4.78 is 19.0. The Labute approximate surface area is 232 Å². The number of benzene rings is 2. The number of anilines is 1. The molecule has 2 heterocycles. The van der Waals surface area contributed by atoms with E-state index in [9.17, 15) is 4.79 Å². The summed E-state index contributed by atoms with van der Waals surface area (Å²) in [4.78, 5) is 18.1. The molecule has 1 unspecified atom stereocenters. The molecule has 8 nitrogen and oxygen atoms in total. The predicted octanol–water partition coefficient (Wildman–Crippen LogP) is 6.65. The molecule has 1 atom stereocenters. The fourth-order valence-corrected chi connectivity index (χ4v) is 5.26. The van der Waals surface area contributed by atoms with Crippen LogP contribution in [0.5, 0.6) is 11.5 Å². The normalized spacial score (nSPS) is 14.6. The first-order valence-corrected chi connectivity index (χ1v) is 14.2. The maximum atomic E-state index is 13.4. The van der Waals surface area contributed by atoms with E-state index in [-0.39, 0.29) is 5.97 Å². The standard InChI is InChI=1S/C28H33ClN4O4S/c1-5-8-15-37-26(34)24-18(4)30-27-31-28(38-17-20-11-9-10-12-21(20)29)32-33(27)25(24)19-13-14-22(35-6-2)23(16-19)36-7-3/h9-14,16,25H,5-8,15,17H2,1-4H3,(H,30,31,32). The third-order valence-electron chi connectivity index (χ3n) is 5.98. The van der Waals surface area contributed by atoms with Gasteiger partial charge in [-0.15, -0.1) is 5.10 Å². The lowest BCUT2D eigenvalue weighted by atomic mass is 9.95. The van der Waals surface area contributed by atoms with Crippen molar-refractivity contribution in [1.82, 2.24) is 14.8 Å². The molecule has 10 heteroatoms. The Morgan fingerprint density at radius 3 is 2.61 bits per heavy atom. The van der Waals surface area contributed by atoms with Crippen molar-refractivity contribution in [1.29, 1.82) is 0 Å². The van der Waals surface area contributed by atoms with Crippen molar-refractivity contribution in [2.45, 2.75) is 57.5 Å². The van der Waals surface area contributed by atoms with Gasteiger partial charge in [0, 0.05) is 16.5 Å². The van der Waals surface area contributed by atoms with Crippen LogP contribution in [0, 0.1) is 0 Å². The summed E-state index contributed by atoms with van der Waals surface area (Å²) in [7, 11) is 0. The topological polar surface area (TPSA) is 87.5 Å². The molecule has 1 aromatic heterocycles. The molecule has 0 saturated carbocycles. The van der Waals surface area contributed by atoms with E-state index in [2.05, 4.69) is 12.2 Å². The minimum Gasteiger partial charge on any atom is -0.490 e. The van der Waals surface area contributed by atoms with Gasteiger partial charge in [0.2, 0.25) is 11.1 Å². The second kappa shape index (κ2) is 13.1. The Morgan fingerprint density at radius 1 is 1.11 bits per heavy atom. The van der Waals surface area contributed by atoms with Crippen LogP contribution < -0.4 is 14.8 Å². The molecule has 0 bridgehead atoms. The summed E-state index contributed by atoms with van der Waals surface area (Å²) in [5.74, 6) is 2.04. The van der Waals surface area contributed by atoms with Crippen molar-refractivity contribution in [2.75, 3.05) is 25.1 Å². The fourth-order valence-electron chi connectivity index (χ4n) is 4.15. The molecule has 1 aliphatic rings. The Hall–Kier alpha value is -3.17. The van der Waals surface area contributed by atoms with E-state index < -0.39 is 6.04 Å². The van der Waals surface area contributed by atoms with Crippen molar-refractivity contribution >= 4 is 35.3 Å². The number of hydrogen-bond donors (Lipinski definition) is 1. The van der Waals surface area contributed by atoms with E-state index in [4.69, 9.17) is 35.9 Å². The van der Waals surface area contributed by atoms with Crippen LogP contribution in [-0.4, -0.2) is 40.6 Å². The first-order chi connectivity index (χ1) is 18.5. The van der Waals surface area contributed by atoms with Crippen molar-refractivity contribution in [2.24, 2.45) is 0 Å². The van der Waals surface area contributed by atoms with Gasteiger partial charge in [0.1, 0.15) is 6.04 Å². The fraction of sp³-hybridized carbons (Fsp3) is 0.393. The number of allylic oxidation sites excluding steroid dienone is 1. The Balaban J connectivity index is 1.72. The van der Waals surface area contributed by atoms with E-state index >= 15 is 0 Å². The predicted molar refractivity (Wildman–Crippen MR) is 150 cm³/mol. The molecule has 0 radical (unpaired) electrons. The smallest absolute Gasteiger partial charge is 0.338 e. The molecular weight excluding hydrogens is 524 g/mol. The van der Waals surface area contributed by atoms with Gasteiger partial charge in [-0.25, -0.2) is 9.48 Å². The highest BCUT2D eigenvalue weighted by Gasteiger charge is 2.36. The van der Waals surface area contributed by atoms with Gasteiger partial charge in [-0.3, -0.25) is 0 Å². The monoisotopic (exact) mass is 556 g/mol. The van der Waals surface area contributed by atoms with Gasteiger partial charge >= 0.3 is 5.97 Å². The molecule has 0 amide bonds. The first-order valence-electron chi connectivity index (χ1n) is 12.8. The van der Waals surface area contributed by atoms with Crippen molar-refractivity contribution in [3.63, 3.8) is 0 Å². The summed E-state index contributed by atoms with van der Waals surface area (Å²) in [5, 5.41) is 9.33. The second-order valence-electron chi connectivity index (χ2n) is 8.67. The number of carbonyl (C=O) groups is 1. The number of nitrogens with zero attached hydrogens (tertiary/aromatic N) is 3. The van der Waals surface area contributed by atoms with Crippen LogP contribution in [0.25, 0.3) is 0 Å². The molecule has 3 aromatic rings. The Bertz CT molecular complexity index is 1310. The number of unbranched alkanes of at least 4 members (excludes halogenated alkanes) is 1. The largest absolute Gasteiger partial charge is 0.490 e. The highest BCUT2D eigenvalue weighted by molar-refractivity contribution is 7.98. The van der Waals surface area contributed by atoms with E-state index in [1.807, 2.05) is 63.2 Å². The van der Waals surface area contributed by atoms with Crippen LogP contribution >= 0.6 is 23.4 Å². The minimum atomic E-state index is -0.558. The number of aromatic nitrogens is 3. The first kappa shape index (κ1) is 27.9. The zero-order chi connectivity index (χ0) is 27.1. The maximum Gasteiger partial charge on any atom is 0.338 e. The summed E-state index contributed by atoms with van der Waals surface area (Å²) in [6.45, 7) is 9.11. The molecule has 0 aliphatic carbocycles. The molecular formula is C28H33ClN4O4S. The maximum absolute atomic E-state index is 13.4. The summed E-state index contributed by atoms with van der Waals surface area (Å²) in [5.41, 5.74) is 2.96.